The molecule has 3 rings (SSSR count). The first-order valence-corrected chi connectivity index (χ1v) is 7.79. The smallest absolute Gasteiger partial charge is 0.230 e. The summed E-state index contributed by atoms with van der Waals surface area (Å²) in [6, 6.07) is 7.37. The highest BCUT2D eigenvalue weighted by Gasteiger charge is 2.36. The van der Waals surface area contributed by atoms with E-state index in [-0.39, 0.29) is 23.1 Å². The molecule has 2 amide bonds. The quantitative estimate of drug-likeness (QED) is 0.889. The summed E-state index contributed by atoms with van der Waals surface area (Å²) in [5.41, 5.74) is 1.35. The van der Waals surface area contributed by atoms with Crippen molar-refractivity contribution in [3.63, 3.8) is 0 Å². The summed E-state index contributed by atoms with van der Waals surface area (Å²) in [5.74, 6) is 0.409. The van der Waals surface area contributed by atoms with Gasteiger partial charge in [0.15, 0.2) is 0 Å². The third-order valence-electron chi connectivity index (χ3n) is 4.61. The molecule has 0 aromatic heterocycles. The van der Waals surface area contributed by atoms with Gasteiger partial charge >= 0.3 is 0 Å². The van der Waals surface area contributed by atoms with Crippen LogP contribution in [0.5, 0.6) is 0 Å². The fourth-order valence-electron chi connectivity index (χ4n) is 2.89. The Morgan fingerprint density at radius 2 is 1.52 bits per heavy atom. The monoisotopic (exact) mass is 286 g/mol. The average molecular weight is 286 g/mol. The number of carbonyl (C=O) groups excluding carboxylic acids is 2. The van der Waals surface area contributed by atoms with Crippen LogP contribution in [-0.2, 0) is 9.59 Å². The van der Waals surface area contributed by atoms with Crippen molar-refractivity contribution in [1.82, 2.24) is 0 Å². The summed E-state index contributed by atoms with van der Waals surface area (Å²) in [4.78, 5) is 24.0. The van der Waals surface area contributed by atoms with Crippen LogP contribution in [0.4, 0.5) is 11.4 Å². The van der Waals surface area contributed by atoms with Crippen molar-refractivity contribution < 1.29 is 9.59 Å². The molecule has 2 N–H and O–H groups in total. The summed E-state index contributed by atoms with van der Waals surface area (Å²) in [7, 11) is 0. The summed E-state index contributed by atoms with van der Waals surface area (Å²) in [6.45, 7) is 2.04. The lowest BCUT2D eigenvalue weighted by Crippen LogP contribution is -2.30. The number of hydrogen-bond acceptors (Lipinski definition) is 2. The molecule has 0 atom stereocenters. The van der Waals surface area contributed by atoms with E-state index in [9.17, 15) is 9.59 Å². The lowest BCUT2D eigenvalue weighted by atomic mass is 9.88. The van der Waals surface area contributed by atoms with E-state index in [4.69, 9.17) is 0 Å². The number of rotatable bonds is 4. The fraction of sp³-hybridized carbons (Fsp3) is 0.529. The molecule has 0 saturated heterocycles. The van der Waals surface area contributed by atoms with Crippen LogP contribution in [-0.4, -0.2) is 11.8 Å². The third kappa shape index (κ3) is 3.26. The molecule has 2 fully saturated rings. The molecule has 21 heavy (non-hydrogen) atoms. The Balaban J connectivity index is 1.58. The molecule has 4 heteroatoms. The minimum atomic E-state index is -0.223. The molecule has 2 saturated carbocycles. The van der Waals surface area contributed by atoms with Crippen LogP contribution in [0, 0.1) is 11.3 Å². The van der Waals surface area contributed by atoms with Gasteiger partial charge in [-0.3, -0.25) is 9.59 Å². The van der Waals surface area contributed by atoms with Gasteiger partial charge in [-0.2, -0.15) is 0 Å². The molecule has 2 aliphatic carbocycles. The first-order chi connectivity index (χ1) is 10.1. The van der Waals surface area contributed by atoms with Gasteiger partial charge in [-0.15, -0.1) is 0 Å². The van der Waals surface area contributed by atoms with Crippen molar-refractivity contribution in [3.8, 4) is 0 Å². The minimum absolute atomic E-state index is 0.102. The molecule has 0 radical (unpaired) electrons. The third-order valence-corrected chi connectivity index (χ3v) is 4.61. The molecular formula is C17H22N2O2. The van der Waals surface area contributed by atoms with Crippen LogP contribution >= 0.6 is 0 Å². The van der Waals surface area contributed by atoms with Gasteiger partial charge in [0.2, 0.25) is 11.8 Å². The Kier molecular flexibility index (Phi) is 3.70. The van der Waals surface area contributed by atoms with E-state index in [0.717, 1.165) is 49.9 Å². The Labute approximate surface area is 125 Å². The van der Waals surface area contributed by atoms with E-state index in [1.807, 2.05) is 31.2 Å². The summed E-state index contributed by atoms with van der Waals surface area (Å²) >= 11 is 0. The zero-order valence-corrected chi connectivity index (χ0v) is 12.4. The molecule has 0 bridgehead atoms. The van der Waals surface area contributed by atoms with Crippen molar-refractivity contribution in [2.24, 2.45) is 11.3 Å². The zero-order chi connectivity index (χ0) is 14.9. The summed E-state index contributed by atoms with van der Waals surface area (Å²) in [6.07, 6.45) is 6.20. The molecule has 1 aromatic carbocycles. The number of nitrogens with one attached hydrogen (secondary N) is 2. The van der Waals surface area contributed by atoms with Gasteiger partial charge in [-0.1, -0.05) is 19.8 Å². The van der Waals surface area contributed by atoms with Crippen LogP contribution < -0.4 is 10.6 Å². The summed E-state index contributed by atoms with van der Waals surface area (Å²) < 4.78 is 0. The molecule has 0 unspecified atom stereocenters. The molecule has 0 aliphatic heterocycles. The Bertz CT molecular complexity index is 540. The molecule has 0 spiro atoms. The highest BCUT2D eigenvalue weighted by molar-refractivity contribution is 5.96. The van der Waals surface area contributed by atoms with Crippen molar-refractivity contribution in [3.05, 3.63) is 24.3 Å². The second kappa shape index (κ2) is 5.51. The number of hydrogen-bond donors (Lipinski definition) is 2. The van der Waals surface area contributed by atoms with Gasteiger partial charge < -0.3 is 10.6 Å². The Hall–Kier alpha value is -1.84. The molecular weight excluding hydrogens is 264 g/mol. The molecule has 4 nitrogen and oxygen atoms in total. The maximum atomic E-state index is 12.3. The normalized spacial score (nSPS) is 20.0. The van der Waals surface area contributed by atoms with Crippen molar-refractivity contribution in [2.75, 3.05) is 10.6 Å². The van der Waals surface area contributed by atoms with E-state index in [0.29, 0.717) is 0 Å². The number of anilines is 2. The second-order valence-electron chi connectivity index (χ2n) is 6.56. The molecule has 112 valence electrons. The van der Waals surface area contributed by atoms with Gasteiger partial charge in [0.05, 0.1) is 0 Å². The van der Waals surface area contributed by atoms with Crippen LogP contribution in [0.1, 0.15) is 45.4 Å². The molecule has 1 aromatic rings. The van der Waals surface area contributed by atoms with E-state index in [1.165, 1.54) is 0 Å². The fourth-order valence-corrected chi connectivity index (χ4v) is 2.89. The Morgan fingerprint density at radius 1 is 1.00 bits per heavy atom. The Morgan fingerprint density at radius 3 is 2.05 bits per heavy atom. The summed E-state index contributed by atoms with van der Waals surface area (Å²) in [5, 5.41) is 5.88. The van der Waals surface area contributed by atoms with Crippen molar-refractivity contribution in [2.45, 2.75) is 45.4 Å². The van der Waals surface area contributed by atoms with Gasteiger partial charge in [0.1, 0.15) is 0 Å². The first kappa shape index (κ1) is 14.1. The van der Waals surface area contributed by atoms with Crippen molar-refractivity contribution >= 4 is 23.2 Å². The van der Waals surface area contributed by atoms with Crippen LogP contribution in [0.25, 0.3) is 0 Å². The zero-order valence-electron chi connectivity index (χ0n) is 12.4. The van der Waals surface area contributed by atoms with Crippen LogP contribution in [0.15, 0.2) is 24.3 Å². The maximum Gasteiger partial charge on any atom is 0.230 e. The number of carbonyl (C=O) groups is 2. The second-order valence-corrected chi connectivity index (χ2v) is 6.56. The predicted molar refractivity (Wildman–Crippen MR) is 83.0 cm³/mol. The number of benzene rings is 1. The predicted octanol–water partition coefficient (Wildman–Crippen LogP) is 3.55. The van der Waals surface area contributed by atoms with Gasteiger partial charge in [-0.25, -0.2) is 0 Å². The number of amides is 2. The first-order valence-electron chi connectivity index (χ1n) is 7.79. The van der Waals surface area contributed by atoms with Gasteiger partial charge in [-0.05, 0) is 49.9 Å². The topological polar surface area (TPSA) is 58.2 Å². The van der Waals surface area contributed by atoms with E-state index < -0.39 is 0 Å². The highest BCUT2D eigenvalue weighted by Crippen LogP contribution is 2.38. The standard InChI is InChI=1S/C17H22N2O2/c1-17(10-2-3-11-17)16(21)19-14-8-6-13(7-9-14)18-15(20)12-4-5-12/h6-9,12H,2-5,10-11H2,1H3,(H,18,20)(H,19,21). The van der Waals surface area contributed by atoms with E-state index >= 15 is 0 Å². The van der Waals surface area contributed by atoms with Crippen LogP contribution in [0.2, 0.25) is 0 Å². The highest BCUT2D eigenvalue weighted by atomic mass is 16.2. The minimum Gasteiger partial charge on any atom is -0.326 e. The molecule has 2 aliphatic rings. The molecule has 0 heterocycles. The maximum absolute atomic E-state index is 12.3. The van der Waals surface area contributed by atoms with Crippen molar-refractivity contribution in [1.29, 1.82) is 0 Å². The lowest BCUT2D eigenvalue weighted by Gasteiger charge is -2.22. The SMILES string of the molecule is CC1(C(=O)Nc2ccc(NC(=O)C3CC3)cc2)CCCC1. The average Bonchev–Trinajstić information content (AvgIpc) is 3.23. The van der Waals surface area contributed by atoms with Gasteiger partial charge in [0, 0.05) is 22.7 Å². The van der Waals surface area contributed by atoms with E-state index in [1.54, 1.807) is 0 Å². The van der Waals surface area contributed by atoms with Crippen LogP contribution in [0.3, 0.4) is 0 Å². The largest absolute Gasteiger partial charge is 0.326 e. The van der Waals surface area contributed by atoms with Gasteiger partial charge in [0.25, 0.3) is 0 Å². The lowest BCUT2D eigenvalue weighted by molar-refractivity contribution is -0.124. The van der Waals surface area contributed by atoms with E-state index in [2.05, 4.69) is 10.6 Å².